The van der Waals surface area contributed by atoms with Crippen molar-refractivity contribution in [1.29, 1.82) is 0 Å². The number of benzene rings is 1. The lowest BCUT2D eigenvalue weighted by molar-refractivity contribution is 0.00686. The van der Waals surface area contributed by atoms with Crippen LogP contribution in [0.2, 0.25) is 0 Å². The van der Waals surface area contributed by atoms with E-state index < -0.39 is 0 Å². The van der Waals surface area contributed by atoms with Gasteiger partial charge in [0.25, 0.3) is 5.56 Å². The van der Waals surface area contributed by atoms with Crippen molar-refractivity contribution < 1.29 is 4.74 Å². The highest BCUT2D eigenvalue weighted by atomic mass is 16.5. The van der Waals surface area contributed by atoms with Gasteiger partial charge in [-0.05, 0) is 49.9 Å². The SMILES string of the molecule is Cc1cc(-c2nc3ccc(CN)cc3n2CC2CCCCO2)cn(C)c1=O. The quantitative estimate of drug-likeness (QED) is 0.770. The Kier molecular flexibility index (Phi) is 4.85. The Bertz CT molecular complexity index is 1000. The molecule has 1 aliphatic heterocycles. The summed E-state index contributed by atoms with van der Waals surface area (Å²) in [6.07, 6.45) is 5.43. The van der Waals surface area contributed by atoms with Crippen LogP contribution in [0.4, 0.5) is 0 Å². The lowest BCUT2D eigenvalue weighted by Gasteiger charge is -2.24. The first-order chi connectivity index (χ1) is 13.1. The third kappa shape index (κ3) is 3.42. The summed E-state index contributed by atoms with van der Waals surface area (Å²) in [4.78, 5) is 17.0. The van der Waals surface area contributed by atoms with Crippen molar-refractivity contribution >= 4 is 11.0 Å². The van der Waals surface area contributed by atoms with Gasteiger partial charge < -0.3 is 19.6 Å². The highest BCUT2D eigenvalue weighted by Gasteiger charge is 2.20. The molecular formula is C21H26N4O2. The van der Waals surface area contributed by atoms with Gasteiger partial charge in [0.2, 0.25) is 0 Å². The van der Waals surface area contributed by atoms with Crippen LogP contribution in [0.1, 0.15) is 30.4 Å². The van der Waals surface area contributed by atoms with E-state index in [0.29, 0.717) is 12.1 Å². The first kappa shape index (κ1) is 17.9. The zero-order valence-electron chi connectivity index (χ0n) is 15.9. The third-order valence-electron chi connectivity index (χ3n) is 5.33. The zero-order chi connectivity index (χ0) is 19.0. The van der Waals surface area contributed by atoms with E-state index in [9.17, 15) is 4.79 Å². The molecule has 6 heteroatoms. The molecule has 0 spiro atoms. The summed E-state index contributed by atoms with van der Waals surface area (Å²) in [5, 5.41) is 0. The van der Waals surface area contributed by atoms with Crippen molar-refractivity contribution in [3.8, 4) is 11.4 Å². The molecule has 0 bridgehead atoms. The van der Waals surface area contributed by atoms with E-state index in [1.54, 1.807) is 11.6 Å². The number of imidazole rings is 1. The average molecular weight is 366 g/mol. The van der Waals surface area contributed by atoms with Crippen molar-refractivity contribution in [3.05, 3.63) is 51.9 Å². The highest BCUT2D eigenvalue weighted by molar-refractivity contribution is 5.81. The van der Waals surface area contributed by atoms with Crippen LogP contribution in [0.25, 0.3) is 22.4 Å². The number of aromatic nitrogens is 3. The molecule has 1 saturated heterocycles. The summed E-state index contributed by atoms with van der Waals surface area (Å²) in [5.74, 6) is 0.868. The number of ether oxygens (including phenoxy) is 1. The lowest BCUT2D eigenvalue weighted by Crippen LogP contribution is -2.25. The van der Waals surface area contributed by atoms with E-state index in [2.05, 4.69) is 10.6 Å². The fraction of sp³-hybridized carbons (Fsp3) is 0.429. The molecule has 1 atom stereocenters. The van der Waals surface area contributed by atoms with Crippen LogP contribution in [-0.4, -0.2) is 26.8 Å². The number of aryl methyl sites for hydroxylation is 2. The topological polar surface area (TPSA) is 75.1 Å². The van der Waals surface area contributed by atoms with Crippen LogP contribution in [0.15, 0.2) is 35.3 Å². The number of pyridine rings is 1. The summed E-state index contributed by atoms with van der Waals surface area (Å²) >= 11 is 0. The molecule has 3 heterocycles. The van der Waals surface area contributed by atoms with Gasteiger partial charge in [-0.3, -0.25) is 4.79 Å². The van der Waals surface area contributed by atoms with E-state index in [4.69, 9.17) is 15.5 Å². The number of rotatable bonds is 4. The fourth-order valence-corrected chi connectivity index (χ4v) is 3.86. The molecule has 142 valence electrons. The number of nitrogens with two attached hydrogens (primary N) is 1. The van der Waals surface area contributed by atoms with Crippen LogP contribution in [0.5, 0.6) is 0 Å². The van der Waals surface area contributed by atoms with Gasteiger partial charge in [-0.1, -0.05) is 6.07 Å². The van der Waals surface area contributed by atoms with E-state index in [0.717, 1.165) is 54.0 Å². The van der Waals surface area contributed by atoms with Crippen LogP contribution in [0.3, 0.4) is 0 Å². The van der Waals surface area contributed by atoms with Gasteiger partial charge in [-0.25, -0.2) is 4.98 Å². The Labute approximate surface area is 158 Å². The highest BCUT2D eigenvalue weighted by Crippen LogP contribution is 2.27. The number of hydrogen-bond acceptors (Lipinski definition) is 4. The van der Waals surface area contributed by atoms with Gasteiger partial charge in [0.1, 0.15) is 5.82 Å². The van der Waals surface area contributed by atoms with Crippen LogP contribution in [-0.2, 0) is 24.9 Å². The summed E-state index contributed by atoms with van der Waals surface area (Å²) < 4.78 is 9.83. The molecule has 0 saturated carbocycles. The van der Waals surface area contributed by atoms with E-state index in [1.165, 1.54) is 6.42 Å². The Balaban J connectivity index is 1.88. The number of fused-ring (bicyclic) bond motifs is 1. The minimum absolute atomic E-state index is 0.0162. The molecule has 3 aromatic rings. The molecule has 27 heavy (non-hydrogen) atoms. The summed E-state index contributed by atoms with van der Waals surface area (Å²) in [5.41, 5.74) is 10.6. The van der Waals surface area contributed by atoms with Gasteiger partial charge in [-0.2, -0.15) is 0 Å². The maximum Gasteiger partial charge on any atom is 0.253 e. The Hall–Kier alpha value is -2.44. The minimum atomic E-state index is 0.0162. The second kappa shape index (κ2) is 7.29. The molecule has 0 amide bonds. The van der Waals surface area contributed by atoms with Gasteiger partial charge in [0.15, 0.2) is 0 Å². The van der Waals surface area contributed by atoms with Crippen molar-refractivity contribution in [3.63, 3.8) is 0 Å². The van der Waals surface area contributed by atoms with Crippen LogP contribution < -0.4 is 11.3 Å². The minimum Gasteiger partial charge on any atom is -0.376 e. The molecule has 2 N–H and O–H groups in total. The van der Waals surface area contributed by atoms with E-state index in [-0.39, 0.29) is 11.7 Å². The van der Waals surface area contributed by atoms with Crippen LogP contribution in [0, 0.1) is 6.92 Å². The molecular weight excluding hydrogens is 340 g/mol. The first-order valence-corrected chi connectivity index (χ1v) is 9.55. The maximum absolute atomic E-state index is 12.1. The molecule has 1 aliphatic rings. The summed E-state index contributed by atoms with van der Waals surface area (Å²) in [6, 6.07) is 8.08. The van der Waals surface area contributed by atoms with Crippen LogP contribution >= 0.6 is 0 Å². The number of nitrogens with zero attached hydrogens (tertiary/aromatic N) is 3. The maximum atomic E-state index is 12.1. The van der Waals surface area contributed by atoms with Gasteiger partial charge in [-0.15, -0.1) is 0 Å². The Morgan fingerprint density at radius 3 is 2.85 bits per heavy atom. The van der Waals surface area contributed by atoms with Gasteiger partial charge in [0.05, 0.1) is 23.7 Å². The monoisotopic (exact) mass is 366 g/mol. The third-order valence-corrected chi connectivity index (χ3v) is 5.33. The molecule has 4 rings (SSSR count). The standard InChI is InChI=1S/C21H26N4O2/c1-14-9-16(12-24(2)21(14)26)20-23-18-7-6-15(11-22)10-19(18)25(20)13-17-5-3-4-8-27-17/h6-7,9-10,12,17H,3-5,8,11,13,22H2,1-2H3. The van der Waals surface area contributed by atoms with E-state index >= 15 is 0 Å². The molecule has 2 aromatic heterocycles. The normalized spacial score (nSPS) is 17.5. The average Bonchev–Trinajstić information content (AvgIpc) is 3.04. The van der Waals surface area contributed by atoms with Crippen molar-refractivity contribution in [2.24, 2.45) is 12.8 Å². The number of hydrogen-bond donors (Lipinski definition) is 1. The lowest BCUT2D eigenvalue weighted by atomic mass is 10.1. The second-order valence-corrected chi connectivity index (χ2v) is 7.39. The molecule has 1 unspecified atom stereocenters. The predicted molar refractivity (Wildman–Crippen MR) is 107 cm³/mol. The first-order valence-electron chi connectivity index (χ1n) is 9.55. The fourth-order valence-electron chi connectivity index (χ4n) is 3.86. The smallest absolute Gasteiger partial charge is 0.253 e. The zero-order valence-corrected chi connectivity index (χ0v) is 15.9. The largest absolute Gasteiger partial charge is 0.376 e. The molecule has 1 fully saturated rings. The molecule has 0 radical (unpaired) electrons. The molecule has 1 aromatic carbocycles. The predicted octanol–water partition coefficient (Wildman–Crippen LogP) is 2.74. The van der Waals surface area contributed by atoms with E-state index in [1.807, 2.05) is 31.3 Å². The molecule has 6 nitrogen and oxygen atoms in total. The van der Waals surface area contributed by atoms with Crippen molar-refractivity contribution in [1.82, 2.24) is 14.1 Å². The summed E-state index contributed by atoms with van der Waals surface area (Å²) in [7, 11) is 1.78. The van der Waals surface area contributed by atoms with Gasteiger partial charge in [0, 0.05) is 37.5 Å². The molecule has 0 aliphatic carbocycles. The van der Waals surface area contributed by atoms with Gasteiger partial charge >= 0.3 is 0 Å². The summed E-state index contributed by atoms with van der Waals surface area (Å²) in [6.45, 7) is 3.91. The van der Waals surface area contributed by atoms with Crippen molar-refractivity contribution in [2.75, 3.05) is 6.61 Å². The van der Waals surface area contributed by atoms with Crippen molar-refractivity contribution in [2.45, 2.75) is 45.4 Å². The Morgan fingerprint density at radius 1 is 1.30 bits per heavy atom. The second-order valence-electron chi connectivity index (χ2n) is 7.39. The Morgan fingerprint density at radius 2 is 2.15 bits per heavy atom.